The van der Waals surface area contributed by atoms with Crippen LogP contribution in [0.1, 0.15) is 25.7 Å². The summed E-state index contributed by atoms with van der Waals surface area (Å²) in [5.74, 6) is 0.556. The molecule has 1 aliphatic rings. The van der Waals surface area contributed by atoms with E-state index in [1.165, 1.54) is 4.31 Å². The van der Waals surface area contributed by atoms with Crippen LogP contribution in [0.25, 0.3) is 0 Å². The molecule has 0 saturated carbocycles. The number of unbranched alkanes of at least 4 members (excludes halogenated alkanes) is 1. The molecular formula is C12H24N2O2S. The second-order valence-corrected chi connectivity index (χ2v) is 6.86. The molecule has 0 aliphatic carbocycles. The number of allylic oxidation sites excluding steroid dienone is 1. The second-order valence-electron chi connectivity index (χ2n) is 4.74. The highest BCUT2D eigenvalue weighted by molar-refractivity contribution is 7.89. The fourth-order valence-corrected chi connectivity index (χ4v) is 3.63. The summed E-state index contributed by atoms with van der Waals surface area (Å²) in [4.78, 5) is 0. The predicted molar refractivity (Wildman–Crippen MR) is 71.4 cm³/mol. The van der Waals surface area contributed by atoms with Crippen LogP contribution in [0.15, 0.2) is 12.7 Å². The SMILES string of the molecule is C=CCCCN(C)S(=O)(=O)CC1CCCNC1. The van der Waals surface area contributed by atoms with Crippen LogP contribution in [0, 0.1) is 5.92 Å². The number of rotatable bonds is 7. The van der Waals surface area contributed by atoms with E-state index in [1.807, 2.05) is 6.08 Å². The maximum Gasteiger partial charge on any atom is 0.214 e. The molecule has 1 aliphatic heterocycles. The minimum atomic E-state index is -3.08. The average molecular weight is 260 g/mol. The van der Waals surface area contributed by atoms with Gasteiger partial charge in [0, 0.05) is 13.6 Å². The van der Waals surface area contributed by atoms with Crippen LogP contribution in [0.4, 0.5) is 0 Å². The summed E-state index contributed by atoms with van der Waals surface area (Å²) in [6.45, 7) is 6.08. The lowest BCUT2D eigenvalue weighted by molar-refractivity contribution is 0.391. The van der Waals surface area contributed by atoms with Crippen molar-refractivity contribution in [2.75, 3.05) is 32.4 Å². The van der Waals surface area contributed by atoms with Gasteiger partial charge in [-0.15, -0.1) is 6.58 Å². The van der Waals surface area contributed by atoms with Crippen molar-refractivity contribution in [2.24, 2.45) is 5.92 Å². The van der Waals surface area contributed by atoms with Crippen LogP contribution in [0.5, 0.6) is 0 Å². The van der Waals surface area contributed by atoms with Gasteiger partial charge in [0.25, 0.3) is 0 Å². The van der Waals surface area contributed by atoms with E-state index in [-0.39, 0.29) is 11.7 Å². The van der Waals surface area contributed by atoms with Gasteiger partial charge in [0.05, 0.1) is 5.75 Å². The fraction of sp³-hybridized carbons (Fsp3) is 0.833. The lowest BCUT2D eigenvalue weighted by Gasteiger charge is -2.25. The topological polar surface area (TPSA) is 49.4 Å². The summed E-state index contributed by atoms with van der Waals surface area (Å²) in [7, 11) is -1.41. The molecule has 0 amide bonds. The molecule has 1 unspecified atom stereocenters. The first-order valence-corrected chi connectivity index (χ1v) is 7.93. The Bertz CT molecular complexity index is 321. The van der Waals surface area contributed by atoms with Gasteiger partial charge < -0.3 is 5.32 Å². The molecule has 1 rings (SSSR count). The van der Waals surface area contributed by atoms with E-state index in [9.17, 15) is 8.42 Å². The Kier molecular flexibility index (Phi) is 6.16. The zero-order valence-electron chi connectivity index (χ0n) is 10.7. The van der Waals surface area contributed by atoms with E-state index in [0.29, 0.717) is 6.54 Å². The minimum Gasteiger partial charge on any atom is -0.316 e. The van der Waals surface area contributed by atoms with E-state index in [1.54, 1.807) is 7.05 Å². The van der Waals surface area contributed by atoms with Crippen molar-refractivity contribution in [1.82, 2.24) is 9.62 Å². The molecule has 17 heavy (non-hydrogen) atoms. The molecule has 0 radical (unpaired) electrons. The Labute approximate surface area is 105 Å². The Hall–Kier alpha value is -0.390. The number of hydrogen-bond donors (Lipinski definition) is 1. The predicted octanol–water partition coefficient (Wildman–Crippen LogP) is 1.21. The number of hydrogen-bond acceptors (Lipinski definition) is 3. The highest BCUT2D eigenvalue weighted by Gasteiger charge is 2.24. The van der Waals surface area contributed by atoms with E-state index >= 15 is 0 Å². The third kappa shape index (κ3) is 5.19. The third-order valence-electron chi connectivity index (χ3n) is 3.20. The molecule has 1 saturated heterocycles. The summed E-state index contributed by atoms with van der Waals surface area (Å²) in [5.41, 5.74) is 0. The largest absolute Gasteiger partial charge is 0.316 e. The van der Waals surface area contributed by atoms with Crippen LogP contribution < -0.4 is 5.32 Å². The first kappa shape index (κ1) is 14.7. The molecule has 100 valence electrons. The maximum atomic E-state index is 12.1. The van der Waals surface area contributed by atoms with Gasteiger partial charge in [0.15, 0.2) is 0 Å². The van der Waals surface area contributed by atoms with Crippen LogP contribution in [-0.4, -0.2) is 45.2 Å². The molecule has 1 fully saturated rings. The highest BCUT2D eigenvalue weighted by Crippen LogP contribution is 2.14. The molecule has 1 heterocycles. The van der Waals surface area contributed by atoms with E-state index in [0.717, 1.165) is 38.8 Å². The summed E-state index contributed by atoms with van der Waals surface area (Å²) >= 11 is 0. The normalized spacial score (nSPS) is 21.6. The van der Waals surface area contributed by atoms with Crippen molar-refractivity contribution in [3.8, 4) is 0 Å². The summed E-state index contributed by atoms with van der Waals surface area (Å²) < 4.78 is 25.6. The van der Waals surface area contributed by atoms with E-state index in [4.69, 9.17) is 0 Å². The number of nitrogens with one attached hydrogen (secondary N) is 1. The number of nitrogens with zero attached hydrogens (tertiary/aromatic N) is 1. The van der Waals surface area contributed by atoms with Gasteiger partial charge in [0.2, 0.25) is 10.0 Å². The molecular weight excluding hydrogens is 236 g/mol. The van der Waals surface area contributed by atoms with Crippen LogP contribution >= 0.6 is 0 Å². The third-order valence-corrected chi connectivity index (χ3v) is 5.23. The Morgan fingerprint density at radius 3 is 2.88 bits per heavy atom. The number of sulfonamides is 1. The monoisotopic (exact) mass is 260 g/mol. The summed E-state index contributed by atoms with van der Waals surface area (Å²) in [5, 5.41) is 3.25. The molecule has 5 heteroatoms. The molecule has 0 aromatic rings. The molecule has 0 aromatic carbocycles. The van der Waals surface area contributed by atoms with Crippen molar-refractivity contribution >= 4 is 10.0 Å². The van der Waals surface area contributed by atoms with Crippen LogP contribution in [0.2, 0.25) is 0 Å². The van der Waals surface area contributed by atoms with Gasteiger partial charge in [-0.2, -0.15) is 0 Å². The average Bonchev–Trinajstić information content (AvgIpc) is 2.30. The van der Waals surface area contributed by atoms with E-state index in [2.05, 4.69) is 11.9 Å². The van der Waals surface area contributed by atoms with Gasteiger partial charge in [-0.1, -0.05) is 6.08 Å². The fourth-order valence-electron chi connectivity index (χ4n) is 2.09. The van der Waals surface area contributed by atoms with Crippen LogP contribution in [0.3, 0.4) is 0 Å². The molecule has 0 spiro atoms. The van der Waals surface area contributed by atoms with Gasteiger partial charge >= 0.3 is 0 Å². The Balaban J connectivity index is 2.40. The molecule has 4 nitrogen and oxygen atoms in total. The van der Waals surface area contributed by atoms with Crippen molar-refractivity contribution < 1.29 is 8.42 Å². The van der Waals surface area contributed by atoms with Gasteiger partial charge in [0.1, 0.15) is 0 Å². The summed E-state index contributed by atoms with van der Waals surface area (Å²) in [6.07, 6.45) is 5.64. The zero-order valence-corrected chi connectivity index (χ0v) is 11.5. The second kappa shape index (κ2) is 7.13. The van der Waals surface area contributed by atoms with Crippen LogP contribution in [-0.2, 0) is 10.0 Å². The smallest absolute Gasteiger partial charge is 0.214 e. The lowest BCUT2D eigenvalue weighted by Crippen LogP contribution is -2.38. The van der Waals surface area contributed by atoms with Gasteiger partial charge in [-0.05, 0) is 44.7 Å². The molecule has 0 bridgehead atoms. The molecule has 1 atom stereocenters. The van der Waals surface area contributed by atoms with Crippen molar-refractivity contribution in [3.05, 3.63) is 12.7 Å². The van der Waals surface area contributed by atoms with Gasteiger partial charge in [-0.3, -0.25) is 0 Å². The molecule has 0 aromatic heterocycles. The quantitative estimate of drug-likeness (QED) is 0.553. The Morgan fingerprint density at radius 2 is 2.29 bits per heavy atom. The van der Waals surface area contributed by atoms with Crippen molar-refractivity contribution in [3.63, 3.8) is 0 Å². The first-order chi connectivity index (χ1) is 8.06. The van der Waals surface area contributed by atoms with Gasteiger partial charge in [-0.25, -0.2) is 12.7 Å². The first-order valence-electron chi connectivity index (χ1n) is 6.32. The molecule has 1 N–H and O–H groups in total. The highest BCUT2D eigenvalue weighted by atomic mass is 32.2. The standard InChI is InChI=1S/C12H24N2O2S/c1-3-4-5-9-14(2)17(15,16)11-12-7-6-8-13-10-12/h3,12-13H,1,4-11H2,2H3. The van der Waals surface area contributed by atoms with Crippen molar-refractivity contribution in [2.45, 2.75) is 25.7 Å². The van der Waals surface area contributed by atoms with Crippen molar-refractivity contribution in [1.29, 1.82) is 0 Å². The minimum absolute atomic E-state index is 0.274. The maximum absolute atomic E-state index is 12.1. The van der Waals surface area contributed by atoms with E-state index < -0.39 is 10.0 Å². The summed E-state index contributed by atoms with van der Waals surface area (Å²) in [6, 6.07) is 0. The zero-order chi connectivity index (χ0) is 12.7. The number of piperidine rings is 1. The Morgan fingerprint density at radius 1 is 1.53 bits per heavy atom. The lowest BCUT2D eigenvalue weighted by atomic mass is 10.0.